The van der Waals surface area contributed by atoms with Crippen LogP contribution in [0.15, 0.2) is 0 Å². The molecule has 0 spiro atoms. The van der Waals surface area contributed by atoms with Gasteiger partial charge in [-0.2, -0.15) is 5.06 Å². The summed E-state index contributed by atoms with van der Waals surface area (Å²) in [6.45, 7) is 3.40. The Kier molecular flexibility index (Phi) is 7.93. The van der Waals surface area contributed by atoms with E-state index in [1.165, 1.54) is 17.9 Å². The van der Waals surface area contributed by atoms with Crippen LogP contribution in [-0.2, 0) is 14.3 Å². The van der Waals surface area contributed by atoms with E-state index in [1.54, 1.807) is 0 Å². The molecule has 10 heteroatoms. The van der Waals surface area contributed by atoms with Crippen molar-refractivity contribution in [2.45, 2.75) is 44.2 Å². The van der Waals surface area contributed by atoms with Gasteiger partial charge in [0, 0.05) is 35.1 Å². The summed E-state index contributed by atoms with van der Waals surface area (Å²) in [6.07, 6.45) is 6.36. The van der Waals surface area contributed by atoms with Crippen molar-refractivity contribution in [2.24, 2.45) is 0 Å². The van der Waals surface area contributed by atoms with Crippen molar-refractivity contribution in [1.29, 1.82) is 0 Å². The lowest BCUT2D eigenvalue weighted by Crippen LogP contribution is -2.37. The number of hydroxylamine groups is 3. The van der Waals surface area contributed by atoms with Crippen molar-refractivity contribution in [3.8, 4) is 0 Å². The van der Waals surface area contributed by atoms with E-state index in [2.05, 4.69) is 29.0 Å². The van der Waals surface area contributed by atoms with Gasteiger partial charge in [-0.25, -0.2) is 10.3 Å². The summed E-state index contributed by atoms with van der Waals surface area (Å²) in [4.78, 5) is 28.0. The fourth-order valence-electron chi connectivity index (χ4n) is 3.13. The second-order valence-electron chi connectivity index (χ2n) is 5.89. The third kappa shape index (κ3) is 5.23. The van der Waals surface area contributed by atoms with Crippen molar-refractivity contribution in [3.05, 3.63) is 0 Å². The van der Waals surface area contributed by atoms with Gasteiger partial charge in [-0.15, -0.1) is 0 Å². The molecule has 1 N–H and O–H groups in total. The second kappa shape index (κ2) is 9.70. The Balaban J connectivity index is 0.000000167. The highest BCUT2D eigenvalue weighted by Crippen LogP contribution is 2.26. The lowest BCUT2D eigenvalue weighted by Gasteiger charge is -2.31. The topological polar surface area (TPSA) is 74.3 Å². The first-order valence-corrected chi connectivity index (χ1v) is 8.93. The predicted molar refractivity (Wildman–Crippen MR) is 91.8 cm³/mol. The van der Waals surface area contributed by atoms with Crippen LogP contribution >= 0.6 is 18.9 Å². The van der Waals surface area contributed by atoms with Gasteiger partial charge in [0.2, 0.25) is 6.41 Å². The molecule has 3 saturated heterocycles. The van der Waals surface area contributed by atoms with E-state index in [0.29, 0.717) is 19.1 Å². The van der Waals surface area contributed by atoms with E-state index in [4.69, 9.17) is 9.46 Å². The van der Waals surface area contributed by atoms with E-state index in [9.17, 15) is 9.59 Å². The Bertz CT molecular complexity index is 404. The summed E-state index contributed by atoms with van der Waals surface area (Å²) >= 11 is 0. The fraction of sp³-hybridized carbons (Fsp3) is 0.846. The average molecular weight is 364 g/mol. The lowest BCUT2D eigenvalue weighted by atomic mass is 10.1. The van der Waals surface area contributed by atoms with Crippen LogP contribution in [0.4, 0.5) is 4.79 Å². The van der Waals surface area contributed by atoms with Crippen molar-refractivity contribution >= 4 is 31.3 Å². The van der Waals surface area contributed by atoms with Gasteiger partial charge in [0.15, 0.2) is 0 Å². The Morgan fingerprint density at radius 3 is 2.74 bits per heavy atom. The van der Waals surface area contributed by atoms with E-state index in [1.807, 2.05) is 4.90 Å². The quantitative estimate of drug-likeness (QED) is 0.340. The minimum absolute atomic E-state index is 0.0162. The van der Waals surface area contributed by atoms with Crippen LogP contribution in [0, 0.1) is 0 Å². The average Bonchev–Trinajstić information content (AvgIpc) is 2.79. The number of nitrogens with one attached hydrogen (secondary N) is 1. The SMILES string of the molecule is O=C1N2CCC[C@H](C2)N1OP.O=CNOC[C@@H]1CCCCN1P. The molecule has 3 aliphatic rings. The Morgan fingerprint density at radius 1 is 1.26 bits per heavy atom. The Morgan fingerprint density at radius 2 is 2.09 bits per heavy atom. The number of amides is 3. The maximum Gasteiger partial charge on any atom is 0.344 e. The third-order valence-electron chi connectivity index (χ3n) is 4.38. The van der Waals surface area contributed by atoms with E-state index < -0.39 is 0 Å². The molecule has 3 heterocycles. The van der Waals surface area contributed by atoms with Crippen molar-refractivity contribution in [2.75, 3.05) is 26.2 Å². The Labute approximate surface area is 141 Å². The molecular formula is C13H26N4O4P2. The van der Waals surface area contributed by atoms with Crippen LogP contribution in [0.1, 0.15) is 32.1 Å². The van der Waals surface area contributed by atoms with Crippen LogP contribution in [0.25, 0.3) is 0 Å². The zero-order chi connectivity index (χ0) is 16.7. The number of fused-ring (bicyclic) bond motifs is 2. The number of rotatable bonds is 5. The summed E-state index contributed by atoms with van der Waals surface area (Å²) < 4.78 is 7.09. The minimum atomic E-state index is 0.0162. The van der Waals surface area contributed by atoms with Gasteiger partial charge in [0.1, 0.15) is 0 Å². The standard InChI is InChI=1S/C7H15N2O2P.C6H11N2O2P/c10-6-8-11-5-7-3-1-2-4-9(7)12;9-6-7-3-1-2-5(4-7)8(6)10-11/h6-7H,1-5,12H2,(H,8,10);5H,1-4,11H2/t7-;5-/m01/s1. The highest BCUT2D eigenvalue weighted by atomic mass is 31.0. The molecule has 132 valence electrons. The van der Waals surface area contributed by atoms with E-state index in [0.717, 1.165) is 38.9 Å². The van der Waals surface area contributed by atoms with Gasteiger partial charge in [0.05, 0.1) is 12.6 Å². The molecule has 3 aliphatic heterocycles. The summed E-state index contributed by atoms with van der Waals surface area (Å²) in [6, 6.07) is 0.729. The number of hydrogen-bond donors (Lipinski definition) is 1. The molecule has 3 fully saturated rings. The summed E-state index contributed by atoms with van der Waals surface area (Å²) in [5.74, 6) is 0. The maximum atomic E-state index is 11.3. The van der Waals surface area contributed by atoms with Crippen molar-refractivity contribution < 1.29 is 19.1 Å². The minimum Gasteiger partial charge on any atom is -0.321 e. The van der Waals surface area contributed by atoms with Crippen LogP contribution in [0.5, 0.6) is 0 Å². The van der Waals surface area contributed by atoms with Crippen LogP contribution < -0.4 is 5.48 Å². The maximum absolute atomic E-state index is 11.3. The molecule has 23 heavy (non-hydrogen) atoms. The first-order valence-electron chi connectivity index (χ1n) is 7.94. The molecule has 2 bridgehead atoms. The smallest absolute Gasteiger partial charge is 0.321 e. The molecule has 0 aliphatic carbocycles. The molecule has 3 rings (SSSR count). The van der Waals surface area contributed by atoms with Crippen LogP contribution in [0.3, 0.4) is 0 Å². The van der Waals surface area contributed by atoms with E-state index >= 15 is 0 Å². The second-order valence-corrected chi connectivity index (χ2v) is 6.76. The largest absolute Gasteiger partial charge is 0.344 e. The van der Waals surface area contributed by atoms with Gasteiger partial charge in [-0.3, -0.25) is 18.9 Å². The number of piperidine rings is 2. The zero-order valence-corrected chi connectivity index (χ0v) is 15.5. The zero-order valence-electron chi connectivity index (χ0n) is 13.2. The van der Waals surface area contributed by atoms with Crippen LogP contribution in [-0.4, -0.2) is 65.4 Å². The van der Waals surface area contributed by atoms with Gasteiger partial charge >= 0.3 is 6.03 Å². The number of carbonyl (C=O) groups excluding carboxylic acids is 2. The van der Waals surface area contributed by atoms with Gasteiger partial charge < -0.3 is 4.90 Å². The first kappa shape index (κ1) is 18.8. The monoisotopic (exact) mass is 364 g/mol. The summed E-state index contributed by atoms with van der Waals surface area (Å²) in [5, 5.41) is 1.46. The highest BCUT2D eigenvalue weighted by molar-refractivity contribution is 7.13. The summed E-state index contributed by atoms with van der Waals surface area (Å²) in [7, 11) is 4.82. The first-order chi connectivity index (χ1) is 11.2. The molecule has 2 unspecified atom stereocenters. The van der Waals surface area contributed by atoms with Gasteiger partial charge in [-0.1, -0.05) is 15.8 Å². The fourth-order valence-corrected chi connectivity index (χ4v) is 3.81. The van der Waals surface area contributed by atoms with Gasteiger partial charge in [0.25, 0.3) is 0 Å². The lowest BCUT2D eigenvalue weighted by molar-refractivity contribution is -0.121. The molecule has 0 aromatic carbocycles. The molecule has 0 aromatic rings. The molecule has 0 radical (unpaired) electrons. The molecule has 3 amide bonds. The highest BCUT2D eigenvalue weighted by Gasteiger charge is 2.40. The Hall–Kier alpha value is -0.520. The van der Waals surface area contributed by atoms with Crippen molar-refractivity contribution in [1.82, 2.24) is 20.1 Å². The predicted octanol–water partition coefficient (Wildman–Crippen LogP) is 0.917. The molecule has 8 nitrogen and oxygen atoms in total. The number of urea groups is 1. The number of hydrogen-bond acceptors (Lipinski definition) is 5. The summed E-state index contributed by atoms with van der Waals surface area (Å²) in [5.41, 5.74) is 2.20. The third-order valence-corrected chi connectivity index (χ3v) is 5.29. The number of carbonyl (C=O) groups is 2. The molecule has 0 aromatic heterocycles. The molecular weight excluding hydrogens is 338 g/mol. The van der Waals surface area contributed by atoms with Crippen LogP contribution in [0.2, 0.25) is 0 Å². The normalized spacial score (nSPS) is 27.5. The number of nitrogens with zero attached hydrogens (tertiary/aromatic N) is 3. The van der Waals surface area contributed by atoms with Crippen molar-refractivity contribution in [3.63, 3.8) is 0 Å². The molecule has 0 saturated carbocycles. The molecule has 4 atom stereocenters. The van der Waals surface area contributed by atoms with E-state index in [-0.39, 0.29) is 12.1 Å². The van der Waals surface area contributed by atoms with Gasteiger partial charge in [-0.05, 0) is 25.7 Å².